The second kappa shape index (κ2) is 6.23. The molecule has 0 rings (SSSR count). The van der Waals surface area contributed by atoms with Crippen LogP contribution in [0.1, 0.15) is 13.3 Å². The first kappa shape index (κ1) is 16.1. The van der Waals surface area contributed by atoms with Crippen molar-refractivity contribution in [1.82, 2.24) is 4.47 Å². The van der Waals surface area contributed by atoms with Gasteiger partial charge in [-0.25, -0.2) is 0 Å². The molecule has 0 unspecified atom stereocenters. The molecular formula is C3H11NO8S2. The fourth-order valence-electron chi connectivity index (χ4n) is 0.307. The number of hydrogen-bond donors (Lipinski definition) is 4. The van der Waals surface area contributed by atoms with Crippen molar-refractivity contribution in [3.63, 3.8) is 0 Å². The molecule has 0 aliphatic heterocycles. The summed E-state index contributed by atoms with van der Waals surface area (Å²) in [5, 5.41) is 8.38. The predicted molar refractivity (Wildman–Crippen MR) is 44.5 cm³/mol. The van der Waals surface area contributed by atoms with E-state index < -0.39 is 20.7 Å². The molecule has 0 radical (unpaired) electrons. The molecule has 0 aliphatic rings. The third-order valence-corrected chi connectivity index (χ3v) is 1.40. The molecule has 0 aromatic rings. The topological polar surface area (TPSA) is 152 Å². The summed E-state index contributed by atoms with van der Waals surface area (Å²) in [7, 11) is -9.04. The molecule has 0 atom stereocenters. The van der Waals surface area contributed by atoms with Crippen molar-refractivity contribution in [3.05, 3.63) is 0 Å². The maximum absolute atomic E-state index is 9.95. The highest BCUT2D eigenvalue weighted by Crippen LogP contribution is 1.91. The van der Waals surface area contributed by atoms with E-state index in [9.17, 15) is 8.42 Å². The van der Waals surface area contributed by atoms with Gasteiger partial charge >= 0.3 is 20.7 Å². The van der Waals surface area contributed by atoms with E-state index in [2.05, 4.69) is 0 Å². The summed E-state index contributed by atoms with van der Waals surface area (Å²) in [5.74, 6) is 0. The lowest BCUT2D eigenvalue weighted by atomic mass is 10.5. The molecule has 0 amide bonds. The highest BCUT2D eigenvalue weighted by Gasteiger charge is 2.12. The number of hydroxylamine groups is 1. The average Bonchev–Trinajstić information content (AvgIpc) is 1.81. The van der Waals surface area contributed by atoms with Crippen LogP contribution in [0, 0.1) is 0 Å². The van der Waals surface area contributed by atoms with Gasteiger partial charge in [0.05, 0.1) is 0 Å². The second-order valence-corrected chi connectivity index (χ2v) is 4.18. The predicted octanol–water partition coefficient (Wildman–Crippen LogP) is -0.762. The van der Waals surface area contributed by atoms with Crippen LogP contribution in [0.25, 0.3) is 0 Å². The zero-order valence-electron chi connectivity index (χ0n) is 7.10. The lowest BCUT2D eigenvalue weighted by Gasteiger charge is -2.06. The van der Waals surface area contributed by atoms with E-state index in [0.29, 0.717) is 6.42 Å². The highest BCUT2D eigenvalue weighted by molar-refractivity contribution is 7.83. The van der Waals surface area contributed by atoms with Gasteiger partial charge in [0.1, 0.15) is 0 Å². The lowest BCUT2D eigenvalue weighted by Crippen LogP contribution is -2.27. The van der Waals surface area contributed by atoms with Crippen LogP contribution < -0.4 is 0 Å². The summed E-state index contributed by atoms with van der Waals surface area (Å²) < 4.78 is 59.4. The van der Waals surface area contributed by atoms with Gasteiger partial charge in [-0.15, -0.1) is 0 Å². The average molecular weight is 253 g/mol. The van der Waals surface area contributed by atoms with Crippen molar-refractivity contribution in [2.24, 2.45) is 0 Å². The Morgan fingerprint density at radius 2 is 1.36 bits per heavy atom. The van der Waals surface area contributed by atoms with Crippen LogP contribution in [0.3, 0.4) is 0 Å². The monoisotopic (exact) mass is 253 g/mol. The number of rotatable bonds is 3. The van der Waals surface area contributed by atoms with E-state index in [-0.39, 0.29) is 11.0 Å². The molecule has 0 aromatic carbocycles. The fraction of sp³-hybridized carbons (Fsp3) is 1.00. The van der Waals surface area contributed by atoms with Crippen LogP contribution in [0.15, 0.2) is 0 Å². The summed E-state index contributed by atoms with van der Waals surface area (Å²) in [4.78, 5) is 0. The van der Waals surface area contributed by atoms with E-state index in [4.69, 9.17) is 27.3 Å². The molecule has 4 N–H and O–H groups in total. The van der Waals surface area contributed by atoms with Crippen LogP contribution in [-0.2, 0) is 20.7 Å². The Bertz CT molecular complexity index is 322. The van der Waals surface area contributed by atoms with Gasteiger partial charge in [-0.05, 0) is 6.42 Å². The van der Waals surface area contributed by atoms with Gasteiger partial charge in [-0.1, -0.05) is 11.4 Å². The van der Waals surface area contributed by atoms with Crippen LogP contribution in [-0.4, -0.2) is 46.7 Å². The largest absolute Gasteiger partial charge is 0.394 e. The number of hydrogen-bond acceptors (Lipinski definition) is 5. The Balaban J connectivity index is 0. The summed E-state index contributed by atoms with van der Waals surface area (Å²) in [6.45, 7) is 1.59. The quantitative estimate of drug-likeness (QED) is 0.378. The standard InChI is InChI=1S/C3H9NO4S.H2O4S/c1-2-3-4(5)9(6,7)8;1-5(2,3)4/h5H,2-3H2,1H3,(H,6,7,8);(H2,1,2,3,4). The maximum atomic E-state index is 9.95. The molecule has 0 aliphatic carbocycles. The Labute approximate surface area is 81.4 Å². The van der Waals surface area contributed by atoms with Crippen molar-refractivity contribution < 1.29 is 35.7 Å². The second-order valence-electron chi connectivity index (χ2n) is 1.97. The smallest absolute Gasteiger partial charge is 0.298 e. The molecule has 0 spiro atoms. The van der Waals surface area contributed by atoms with Crippen molar-refractivity contribution >= 4 is 20.7 Å². The first-order chi connectivity index (χ1) is 5.98. The minimum atomic E-state index is -4.67. The Morgan fingerprint density at radius 3 is 1.43 bits per heavy atom. The lowest BCUT2D eigenvalue weighted by molar-refractivity contribution is -0.00633. The molecule has 0 saturated carbocycles. The van der Waals surface area contributed by atoms with Gasteiger partial charge < -0.3 is 0 Å². The molecular weight excluding hydrogens is 242 g/mol. The first-order valence-electron chi connectivity index (χ1n) is 3.12. The van der Waals surface area contributed by atoms with Crippen molar-refractivity contribution in [3.8, 4) is 0 Å². The summed E-state index contributed by atoms with van der Waals surface area (Å²) in [6.07, 6.45) is 0.455. The SMILES string of the molecule is CCCN(O)S(=O)(=O)O.O=S(=O)(O)O. The van der Waals surface area contributed by atoms with E-state index in [1.165, 1.54) is 0 Å². The summed E-state index contributed by atoms with van der Waals surface area (Å²) in [6, 6.07) is 0. The Kier molecular flexibility index (Phi) is 7.19. The van der Waals surface area contributed by atoms with Crippen LogP contribution in [0.5, 0.6) is 0 Å². The molecule has 9 nitrogen and oxygen atoms in total. The van der Waals surface area contributed by atoms with Crippen LogP contribution in [0.4, 0.5) is 0 Å². The first-order valence-corrected chi connectivity index (χ1v) is 5.91. The van der Waals surface area contributed by atoms with Gasteiger partial charge in [-0.2, -0.15) is 16.8 Å². The van der Waals surface area contributed by atoms with Crippen LogP contribution in [0.2, 0.25) is 0 Å². The van der Waals surface area contributed by atoms with Gasteiger partial charge in [0.2, 0.25) is 0 Å². The minimum absolute atomic E-state index is 0.0845. The van der Waals surface area contributed by atoms with Crippen molar-refractivity contribution in [2.75, 3.05) is 6.54 Å². The Morgan fingerprint density at radius 1 is 1.07 bits per heavy atom. The summed E-state index contributed by atoms with van der Waals surface area (Å²) in [5.41, 5.74) is 0. The molecule has 0 bridgehead atoms. The van der Waals surface area contributed by atoms with Gasteiger partial charge in [0.25, 0.3) is 0 Å². The van der Waals surface area contributed by atoms with Crippen molar-refractivity contribution in [2.45, 2.75) is 13.3 Å². The minimum Gasteiger partial charge on any atom is -0.298 e. The van der Waals surface area contributed by atoms with Gasteiger partial charge in [0, 0.05) is 6.54 Å². The zero-order valence-corrected chi connectivity index (χ0v) is 8.73. The molecule has 0 saturated heterocycles. The van der Waals surface area contributed by atoms with Gasteiger partial charge in [-0.3, -0.25) is 18.9 Å². The molecule has 0 heterocycles. The van der Waals surface area contributed by atoms with E-state index >= 15 is 0 Å². The Hall–Kier alpha value is -0.300. The molecule has 11 heteroatoms. The zero-order chi connectivity index (χ0) is 12.0. The normalized spacial score (nSPS) is 12.1. The van der Waals surface area contributed by atoms with E-state index in [0.717, 1.165) is 0 Å². The molecule has 0 fully saturated rings. The maximum Gasteiger partial charge on any atom is 0.394 e. The molecule has 14 heavy (non-hydrogen) atoms. The summed E-state index contributed by atoms with van der Waals surface area (Å²) >= 11 is 0. The van der Waals surface area contributed by atoms with E-state index in [1.54, 1.807) is 6.92 Å². The highest BCUT2D eigenvalue weighted by atomic mass is 32.3. The number of nitrogens with zero attached hydrogens (tertiary/aromatic N) is 1. The molecule has 0 aromatic heterocycles. The third-order valence-electron chi connectivity index (χ3n) is 0.681. The fourth-order valence-corrected chi connectivity index (χ4v) is 0.720. The van der Waals surface area contributed by atoms with Crippen molar-refractivity contribution in [1.29, 1.82) is 0 Å². The van der Waals surface area contributed by atoms with Gasteiger partial charge in [0.15, 0.2) is 0 Å². The third kappa shape index (κ3) is 17.7. The van der Waals surface area contributed by atoms with E-state index in [1.807, 2.05) is 0 Å². The van der Waals surface area contributed by atoms with Crippen LogP contribution >= 0.6 is 0 Å². The molecule has 88 valence electrons.